The van der Waals surface area contributed by atoms with E-state index >= 15 is 0 Å². The third-order valence-corrected chi connectivity index (χ3v) is 7.59. The fourth-order valence-corrected chi connectivity index (χ4v) is 5.47. The zero-order chi connectivity index (χ0) is 23.2. The van der Waals surface area contributed by atoms with E-state index in [1.165, 1.54) is 0 Å². The van der Waals surface area contributed by atoms with Crippen molar-refractivity contribution in [1.29, 1.82) is 0 Å². The lowest BCUT2D eigenvalue weighted by atomic mass is 9.87. The van der Waals surface area contributed by atoms with Crippen molar-refractivity contribution in [3.63, 3.8) is 0 Å². The number of benzene rings is 1. The van der Waals surface area contributed by atoms with Crippen LogP contribution in [0.2, 0.25) is 0 Å². The fourth-order valence-electron chi connectivity index (χ4n) is 4.33. The van der Waals surface area contributed by atoms with Gasteiger partial charge in [-0.1, -0.05) is 18.3 Å². The first-order valence-corrected chi connectivity index (χ1v) is 12.3. The molecule has 33 heavy (non-hydrogen) atoms. The highest BCUT2D eigenvalue weighted by atomic mass is 79.9. The number of anilines is 1. The normalized spacial score (nSPS) is 20.3. The Morgan fingerprint density at radius 2 is 2.06 bits per heavy atom. The van der Waals surface area contributed by atoms with Crippen molar-refractivity contribution in [2.75, 3.05) is 12.4 Å². The van der Waals surface area contributed by atoms with Gasteiger partial charge in [-0.05, 0) is 66.4 Å². The summed E-state index contributed by atoms with van der Waals surface area (Å²) in [5.41, 5.74) is 2.23. The van der Waals surface area contributed by atoms with E-state index in [1.807, 2.05) is 38.1 Å². The number of hydrogen-bond donors (Lipinski definition) is 2. The summed E-state index contributed by atoms with van der Waals surface area (Å²) in [6.45, 7) is 3.95. The summed E-state index contributed by atoms with van der Waals surface area (Å²) in [4.78, 5) is 21.5. The van der Waals surface area contributed by atoms with Crippen LogP contribution in [0.25, 0.3) is 27.3 Å². The molecule has 0 bridgehead atoms. The second-order valence-electron chi connectivity index (χ2n) is 8.53. The van der Waals surface area contributed by atoms with E-state index in [9.17, 15) is 4.79 Å². The summed E-state index contributed by atoms with van der Waals surface area (Å²) in [6.07, 6.45) is 4.23. The fraction of sp³-hybridized carbons (Fsp3) is 0.364. The number of rotatable bonds is 5. The number of amides is 1. The molecule has 0 aliphatic heterocycles. The molecule has 9 nitrogen and oxygen atoms in total. The van der Waals surface area contributed by atoms with E-state index in [1.54, 1.807) is 29.3 Å². The molecule has 1 aliphatic carbocycles. The summed E-state index contributed by atoms with van der Waals surface area (Å²) < 4.78 is 2.48. The molecule has 1 fully saturated rings. The van der Waals surface area contributed by atoms with Crippen molar-refractivity contribution in [3.8, 4) is 16.3 Å². The Kier molecular flexibility index (Phi) is 5.61. The summed E-state index contributed by atoms with van der Waals surface area (Å²) in [7, 11) is 1.69. The Labute approximate surface area is 203 Å². The van der Waals surface area contributed by atoms with Gasteiger partial charge in [0.1, 0.15) is 14.6 Å². The van der Waals surface area contributed by atoms with Gasteiger partial charge in [0.25, 0.3) is 0 Å². The van der Waals surface area contributed by atoms with Gasteiger partial charge in [0.15, 0.2) is 5.65 Å². The zero-order valence-corrected chi connectivity index (χ0v) is 20.9. The highest BCUT2D eigenvalue weighted by Gasteiger charge is 2.40. The number of carbonyl (C=O) groups excluding carboxylic acids is 1. The van der Waals surface area contributed by atoms with Gasteiger partial charge < -0.3 is 10.6 Å². The molecule has 11 heteroatoms. The van der Waals surface area contributed by atoms with Crippen LogP contribution in [0.3, 0.4) is 0 Å². The molecule has 1 aromatic carbocycles. The maximum Gasteiger partial charge on any atom is 0.225 e. The molecule has 2 atom stereocenters. The van der Waals surface area contributed by atoms with Gasteiger partial charge in [-0.2, -0.15) is 10.1 Å². The molecule has 2 N–H and O–H groups in total. The number of aryl methyl sites for hydroxylation is 1. The van der Waals surface area contributed by atoms with E-state index in [4.69, 9.17) is 4.98 Å². The highest BCUT2D eigenvalue weighted by molar-refractivity contribution is 9.10. The number of aromatic nitrogens is 6. The van der Waals surface area contributed by atoms with Crippen LogP contribution >= 0.6 is 27.3 Å². The predicted molar refractivity (Wildman–Crippen MR) is 131 cm³/mol. The first-order chi connectivity index (χ1) is 15.9. The molecule has 1 amide bonds. The van der Waals surface area contributed by atoms with Crippen LogP contribution in [0, 0.1) is 12.3 Å². The zero-order valence-electron chi connectivity index (χ0n) is 18.5. The van der Waals surface area contributed by atoms with Gasteiger partial charge >= 0.3 is 0 Å². The van der Waals surface area contributed by atoms with Gasteiger partial charge in [0.2, 0.25) is 11.9 Å². The molecular weight excluding hydrogens is 504 g/mol. The van der Waals surface area contributed by atoms with Crippen molar-refractivity contribution in [2.45, 2.75) is 39.2 Å². The Balaban J connectivity index is 1.42. The molecular formula is C22H23BrN8OS. The van der Waals surface area contributed by atoms with Gasteiger partial charge in [-0.15, -0.1) is 10.2 Å². The molecule has 170 valence electrons. The second kappa shape index (κ2) is 8.45. The average molecular weight is 527 g/mol. The quantitative estimate of drug-likeness (QED) is 0.402. The van der Waals surface area contributed by atoms with Gasteiger partial charge in [-0.25, -0.2) is 9.67 Å². The Morgan fingerprint density at radius 3 is 2.76 bits per heavy atom. The van der Waals surface area contributed by atoms with E-state index in [0.717, 1.165) is 45.9 Å². The largest absolute Gasteiger partial charge is 0.359 e. The lowest BCUT2D eigenvalue weighted by Gasteiger charge is -2.22. The minimum atomic E-state index is -0.367. The van der Waals surface area contributed by atoms with Gasteiger partial charge in [0, 0.05) is 30.3 Å². The molecule has 1 aliphatic rings. The summed E-state index contributed by atoms with van der Waals surface area (Å²) >= 11 is 5.09. The van der Waals surface area contributed by atoms with Crippen molar-refractivity contribution in [1.82, 2.24) is 35.3 Å². The van der Waals surface area contributed by atoms with E-state index in [2.05, 4.69) is 46.8 Å². The van der Waals surface area contributed by atoms with Crippen LogP contribution in [0.1, 0.15) is 31.2 Å². The van der Waals surface area contributed by atoms with Crippen molar-refractivity contribution < 1.29 is 4.79 Å². The van der Waals surface area contributed by atoms with Crippen molar-refractivity contribution >= 4 is 50.2 Å². The number of hydrogen-bond acceptors (Lipinski definition) is 8. The number of fused-ring (bicyclic) bond motifs is 1. The van der Waals surface area contributed by atoms with Crippen molar-refractivity contribution in [2.24, 2.45) is 5.41 Å². The van der Waals surface area contributed by atoms with Gasteiger partial charge in [0.05, 0.1) is 11.1 Å². The molecule has 0 unspecified atom stereocenters. The van der Waals surface area contributed by atoms with E-state index < -0.39 is 0 Å². The standard InChI is InChI=1S/C22H23BrN8OS/c1-12-28-29-19(33-12)13-4-6-15(7-5-13)31-18-16(17(23)30-31)11-25-21(27-18)26-14-8-9-22(2,10-14)20(32)24-3/h4-7,11,14H,8-10H2,1-3H3,(H,24,32)(H,25,26,27)/t14-,22-/m1/s1. The molecule has 0 radical (unpaired) electrons. The third-order valence-electron chi connectivity index (χ3n) is 6.11. The molecule has 3 aromatic heterocycles. The van der Waals surface area contributed by atoms with Crippen LogP contribution < -0.4 is 10.6 Å². The number of halogens is 1. The number of carbonyl (C=O) groups is 1. The number of nitrogens with one attached hydrogen (secondary N) is 2. The van der Waals surface area contributed by atoms with Crippen LogP contribution in [0.15, 0.2) is 35.1 Å². The second-order valence-corrected chi connectivity index (χ2v) is 10.5. The van der Waals surface area contributed by atoms with E-state index in [0.29, 0.717) is 16.2 Å². The Morgan fingerprint density at radius 1 is 1.27 bits per heavy atom. The van der Waals surface area contributed by atoms with Gasteiger partial charge in [-0.3, -0.25) is 4.79 Å². The molecule has 1 saturated carbocycles. The lowest BCUT2D eigenvalue weighted by Crippen LogP contribution is -2.35. The summed E-state index contributed by atoms with van der Waals surface area (Å²) in [5.74, 6) is 0.612. The smallest absolute Gasteiger partial charge is 0.225 e. The first-order valence-electron chi connectivity index (χ1n) is 10.7. The highest BCUT2D eigenvalue weighted by Crippen LogP contribution is 2.39. The van der Waals surface area contributed by atoms with Crippen molar-refractivity contribution in [3.05, 3.63) is 40.1 Å². The lowest BCUT2D eigenvalue weighted by molar-refractivity contribution is -0.129. The average Bonchev–Trinajstić information content (AvgIpc) is 3.51. The molecule has 4 aromatic rings. The molecule has 0 saturated heterocycles. The molecule has 5 rings (SSSR count). The van der Waals surface area contributed by atoms with Crippen LogP contribution in [-0.4, -0.2) is 48.9 Å². The number of nitrogens with zero attached hydrogens (tertiary/aromatic N) is 6. The minimum absolute atomic E-state index is 0.0808. The maximum absolute atomic E-state index is 12.2. The van der Waals surface area contributed by atoms with Crippen LogP contribution in [0.5, 0.6) is 0 Å². The SMILES string of the molecule is CNC(=O)[C@]1(C)CC[C@@H](Nc2ncc3c(Br)nn(-c4ccc(-c5nnc(C)s5)cc4)c3n2)C1. The Hall–Kier alpha value is -2.92. The first kappa shape index (κ1) is 21.9. The predicted octanol–water partition coefficient (Wildman–Crippen LogP) is 4.12. The molecule has 0 spiro atoms. The summed E-state index contributed by atoms with van der Waals surface area (Å²) in [5, 5.41) is 21.8. The van der Waals surface area contributed by atoms with Crippen LogP contribution in [0.4, 0.5) is 5.95 Å². The van der Waals surface area contributed by atoms with E-state index in [-0.39, 0.29) is 17.4 Å². The molecule has 3 heterocycles. The summed E-state index contributed by atoms with van der Waals surface area (Å²) in [6, 6.07) is 8.14. The Bertz CT molecular complexity index is 1330. The van der Waals surface area contributed by atoms with Crippen LogP contribution in [-0.2, 0) is 4.79 Å². The topological polar surface area (TPSA) is 111 Å². The minimum Gasteiger partial charge on any atom is -0.359 e. The third kappa shape index (κ3) is 4.10. The maximum atomic E-state index is 12.2. The monoisotopic (exact) mass is 526 g/mol.